The van der Waals surface area contributed by atoms with E-state index in [0.29, 0.717) is 5.56 Å². The van der Waals surface area contributed by atoms with Crippen LogP contribution in [0.2, 0.25) is 0 Å². The van der Waals surface area contributed by atoms with Crippen molar-refractivity contribution >= 4 is 40.9 Å². The summed E-state index contributed by atoms with van der Waals surface area (Å²) in [6.07, 6.45) is -8.97. The first-order chi connectivity index (χ1) is 9.70. The first-order valence-corrected chi connectivity index (χ1v) is 6.62. The van der Waals surface area contributed by atoms with Crippen molar-refractivity contribution in [2.45, 2.75) is 18.7 Å². The van der Waals surface area contributed by atoms with Gasteiger partial charge in [-0.2, -0.15) is 13.2 Å². The van der Waals surface area contributed by atoms with Crippen LogP contribution in [0.3, 0.4) is 0 Å². The van der Waals surface area contributed by atoms with Gasteiger partial charge in [0.25, 0.3) is 0 Å². The third-order valence-corrected chi connectivity index (χ3v) is 3.11. The molecule has 9 heteroatoms. The van der Waals surface area contributed by atoms with Gasteiger partial charge in [-0.05, 0) is 5.56 Å². The first kappa shape index (κ1) is 17.9. The Morgan fingerprint density at radius 1 is 1.19 bits per heavy atom. The highest BCUT2D eigenvalue weighted by Gasteiger charge is 2.42. The number of carbonyl (C=O) groups is 1. The second-order valence-corrected chi connectivity index (χ2v) is 5.15. The summed E-state index contributed by atoms with van der Waals surface area (Å²) < 4.78 is 42.4. The highest BCUT2D eigenvalue weighted by Crippen LogP contribution is 2.26. The van der Waals surface area contributed by atoms with E-state index in [1.165, 1.54) is 12.1 Å². The average molecular weight is 363 g/mol. The number of nitrogens with one attached hydrogen (secondary N) is 1. The number of ether oxygens (including phenoxy) is 1. The molecule has 0 fully saturated rings. The monoisotopic (exact) mass is 361 g/mol. The fourth-order valence-electron chi connectivity index (χ4n) is 1.35. The van der Waals surface area contributed by atoms with E-state index in [9.17, 15) is 18.0 Å². The summed E-state index contributed by atoms with van der Waals surface area (Å²) in [5.41, 5.74) is 0.365. The lowest BCUT2D eigenvalue weighted by Gasteiger charge is -2.20. The van der Waals surface area contributed by atoms with Gasteiger partial charge in [-0.25, -0.2) is 4.79 Å². The smallest absolute Gasteiger partial charge is 0.425 e. The van der Waals surface area contributed by atoms with Crippen molar-refractivity contribution < 1.29 is 22.7 Å². The molecule has 1 amide bonds. The minimum atomic E-state index is -4.73. The molecule has 0 bridgehead atoms. The summed E-state index contributed by atoms with van der Waals surface area (Å²) in [7, 11) is 0. The van der Waals surface area contributed by atoms with Gasteiger partial charge in [0.15, 0.2) is 0 Å². The molecule has 0 unspecified atom stereocenters. The van der Waals surface area contributed by atoms with Gasteiger partial charge in [-0.1, -0.05) is 65.1 Å². The average Bonchev–Trinajstić information content (AvgIpc) is 2.37. The van der Waals surface area contributed by atoms with E-state index in [2.05, 4.69) is 4.74 Å². The number of alkyl carbamates (subject to hydrolysis) is 1. The van der Waals surface area contributed by atoms with E-state index in [1.807, 2.05) is 0 Å². The maximum absolute atomic E-state index is 12.9. The zero-order valence-corrected chi connectivity index (χ0v) is 12.5. The lowest BCUT2D eigenvalue weighted by molar-refractivity contribution is -0.202. The molecule has 0 saturated carbocycles. The molecule has 1 N–H and O–H groups in total. The Labute approximate surface area is 133 Å². The second-order valence-electron chi connectivity index (χ2n) is 3.82. The molecule has 1 rings (SSSR count). The Morgan fingerprint density at radius 2 is 1.76 bits per heavy atom. The van der Waals surface area contributed by atoms with Crippen LogP contribution in [0.25, 0.3) is 0 Å². The zero-order chi connectivity index (χ0) is 16.0. The molecule has 0 aliphatic rings. The molecule has 0 aromatic heterocycles. The Hall–Kier alpha value is -1.11. The quantitative estimate of drug-likeness (QED) is 0.787. The Balaban J connectivity index is 2.76. The lowest BCUT2D eigenvalue weighted by Crippen LogP contribution is -2.38. The predicted octanol–water partition coefficient (Wildman–Crippen LogP) is 4.73. The first-order valence-electron chi connectivity index (χ1n) is 5.49. The van der Waals surface area contributed by atoms with Crippen LogP contribution in [0.1, 0.15) is 5.56 Å². The van der Waals surface area contributed by atoms with Gasteiger partial charge in [-0.15, -0.1) is 0 Å². The topological polar surface area (TPSA) is 38.3 Å². The maximum atomic E-state index is 12.9. The normalized spacial score (nSPS) is 12.5. The van der Waals surface area contributed by atoms with Gasteiger partial charge in [-0.3, -0.25) is 5.32 Å². The van der Waals surface area contributed by atoms with Crippen LogP contribution in [-0.4, -0.2) is 18.4 Å². The zero-order valence-electron chi connectivity index (χ0n) is 10.3. The fraction of sp³-hybridized carbons (Fsp3) is 0.250. The number of hydrogen-bond donors (Lipinski definition) is 1. The van der Waals surface area contributed by atoms with E-state index in [0.717, 1.165) is 0 Å². The van der Waals surface area contributed by atoms with Crippen LogP contribution >= 0.6 is 34.8 Å². The molecule has 1 atom stereocenters. The van der Waals surface area contributed by atoms with Gasteiger partial charge in [0.1, 0.15) is 9.65 Å². The maximum Gasteiger partial charge on any atom is 0.425 e. The Kier molecular flexibility index (Phi) is 6.64. The number of hydrogen-bond acceptors (Lipinski definition) is 2. The second kappa shape index (κ2) is 7.77. The molecule has 0 spiro atoms. The van der Waals surface area contributed by atoms with Crippen LogP contribution in [0.4, 0.5) is 18.0 Å². The minimum Gasteiger partial charge on any atom is -0.436 e. The summed E-state index contributed by atoms with van der Waals surface area (Å²) in [4.78, 5) is 11.3. The SMILES string of the molecule is O=C(NC(Cl)=C(Cl)Cl)O[C@@H](Cc1ccccc1)C(F)(F)F. The van der Waals surface area contributed by atoms with E-state index in [4.69, 9.17) is 34.8 Å². The van der Waals surface area contributed by atoms with Crippen LogP contribution in [-0.2, 0) is 11.2 Å². The van der Waals surface area contributed by atoms with Gasteiger partial charge in [0.2, 0.25) is 6.10 Å². The predicted molar refractivity (Wildman–Crippen MR) is 74.2 cm³/mol. The van der Waals surface area contributed by atoms with E-state index in [1.54, 1.807) is 23.5 Å². The summed E-state index contributed by atoms with van der Waals surface area (Å²) in [6.45, 7) is 0. The number of alkyl halides is 3. The van der Waals surface area contributed by atoms with Crippen LogP contribution in [0.5, 0.6) is 0 Å². The van der Waals surface area contributed by atoms with Gasteiger partial charge in [0, 0.05) is 6.42 Å². The number of rotatable bonds is 4. The molecular weight excluding hydrogens is 353 g/mol. The lowest BCUT2D eigenvalue weighted by atomic mass is 10.1. The number of benzene rings is 1. The third kappa shape index (κ3) is 6.46. The van der Waals surface area contributed by atoms with E-state index >= 15 is 0 Å². The van der Waals surface area contributed by atoms with Crippen LogP contribution in [0, 0.1) is 0 Å². The molecule has 0 heterocycles. The molecule has 116 valence electrons. The molecule has 0 aliphatic heterocycles. The van der Waals surface area contributed by atoms with Crippen LogP contribution < -0.4 is 5.32 Å². The Morgan fingerprint density at radius 3 is 2.24 bits per heavy atom. The number of carbonyl (C=O) groups excluding carboxylic acids is 1. The molecule has 0 saturated heterocycles. The van der Waals surface area contributed by atoms with Crippen LogP contribution in [0.15, 0.2) is 40.0 Å². The van der Waals surface area contributed by atoms with Crippen molar-refractivity contribution in [2.24, 2.45) is 0 Å². The van der Waals surface area contributed by atoms with Crippen molar-refractivity contribution in [3.8, 4) is 0 Å². The number of amides is 1. The third-order valence-electron chi connectivity index (χ3n) is 2.26. The molecule has 1 aromatic rings. The van der Waals surface area contributed by atoms with Gasteiger partial charge < -0.3 is 4.74 Å². The molecular formula is C12H9Cl3F3NO2. The highest BCUT2D eigenvalue weighted by atomic mass is 35.5. The van der Waals surface area contributed by atoms with Crippen molar-refractivity contribution in [2.75, 3.05) is 0 Å². The summed E-state index contributed by atoms with van der Waals surface area (Å²) in [6, 6.07) is 7.79. The largest absolute Gasteiger partial charge is 0.436 e. The molecule has 3 nitrogen and oxygen atoms in total. The number of halogens is 6. The van der Waals surface area contributed by atoms with Gasteiger partial charge in [0.05, 0.1) is 0 Å². The van der Waals surface area contributed by atoms with Crippen molar-refractivity contribution in [3.05, 3.63) is 45.5 Å². The summed E-state index contributed by atoms with van der Waals surface area (Å²) >= 11 is 15.9. The molecule has 21 heavy (non-hydrogen) atoms. The van der Waals surface area contributed by atoms with Crippen molar-refractivity contribution in [1.29, 1.82) is 0 Å². The van der Waals surface area contributed by atoms with Crippen molar-refractivity contribution in [3.63, 3.8) is 0 Å². The standard InChI is InChI=1S/C12H9Cl3F3NO2/c13-9(14)10(15)19-11(20)21-8(12(16,17)18)6-7-4-2-1-3-5-7/h1-5,8H,6H2,(H,19,20)/t8-/m0/s1. The minimum absolute atomic E-state index is 0.365. The molecule has 0 radical (unpaired) electrons. The van der Waals surface area contributed by atoms with E-state index < -0.39 is 34.4 Å². The Bertz CT molecular complexity index is 516. The summed E-state index contributed by atoms with van der Waals surface area (Å²) in [5, 5.41) is 1.26. The molecule has 1 aromatic carbocycles. The highest BCUT2D eigenvalue weighted by molar-refractivity contribution is 6.59. The van der Waals surface area contributed by atoms with Gasteiger partial charge >= 0.3 is 12.3 Å². The summed E-state index contributed by atoms with van der Waals surface area (Å²) in [5.74, 6) is 0. The molecule has 0 aliphatic carbocycles. The fourth-order valence-corrected chi connectivity index (χ4v) is 1.52. The van der Waals surface area contributed by atoms with E-state index in [-0.39, 0.29) is 0 Å². The van der Waals surface area contributed by atoms with Crippen molar-refractivity contribution in [1.82, 2.24) is 5.32 Å².